The van der Waals surface area contributed by atoms with Crippen LogP contribution in [0.4, 0.5) is 5.69 Å². The molecule has 1 fully saturated rings. The van der Waals surface area contributed by atoms with Crippen molar-refractivity contribution >= 4 is 29.3 Å². The van der Waals surface area contributed by atoms with E-state index in [0.717, 1.165) is 5.69 Å². The molecule has 2 aliphatic heterocycles. The topological polar surface area (TPSA) is 78.9 Å². The molecule has 1 amide bonds. The van der Waals surface area contributed by atoms with E-state index in [1.165, 1.54) is 16.7 Å². The fourth-order valence-electron chi connectivity index (χ4n) is 2.30. The zero-order valence-corrected chi connectivity index (χ0v) is 11.4. The van der Waals surface area contributed by atoms with Crippen molar-refractivity contribution in [1.82, 2.24) is 4.90 Å². The van der Waals surface area contributed by atoms with Crippen molar-refractivity contribution in [3.8, 4) is 5.75 Å². The second-order valence-corrected chi connectivity index (χ2v) is 5.65. The van der Waals surface area contributed by atoms with Crippen molar-refractivity contribution < 1.29 is 19.4 Å². The maximum Gasteiger partial charge on any atom is 0.327 e. The molecule has 20 heavy (non-hydrogen) atoms. The van der Waals surface area contributed by atoms with E-state index in [1.54, 1.807) is 6.07 Å². The lowest BCUT2D eigenvalue weighted by Crippen LogP contribution is -2.51. The van der Waals surface area contributed by atoms with Gasteiger partial charge in [-0.1, -0.05) is 12.1 Å². The van der Waals surface area contributed by atoms with Gasteiger partial charge < -0.3 is 20.1 Å². The summed E-state index contributed by atoms with van der Waals surface area (Å²) in [4.78, 5) is 24.9. The first kappa shape index (κ1) is 13.1. The largest absolute Gasteiger partial charge is 0.480 e. The lowest BCUT2D eigenvalue weighted by molar-refractivity contribution is -0.150. The summed E-state index contributed by atoms with van der Waals surface area (Å²) in [5.41, 5.74) is 0.849. The maximum atomic E-state index is 12.4. The standard InChI is InChI=1S/C13H14N2O4S/c16-12(15-7-20-6-9(15)13(17)18)11-5-14-8-3-1-2-4-10(8)19-11/h1-4,9,11,14H,5-7H2,(H,17,18). The fourth-order valence-corrected chi connectivity index (χ4v) is 3.46. The van der Waals surface area contributed by atoms with Crippen LogP contribution in [0.2, 0.25) is 0 Å². The third kappa shape index (κ3) is 2.29. The first-order valence-electron chi connectivity index (χ1n) is 6.27. The molecular formula is C13H14N2O4S. The molecule has 106 valence electrons. The molecule has 2 atom stereocenters. The van der Waals surface area contributed by atoms with E-state index in [1.807, 2.05) is 18.2 Å². The maximum absolute atomic E-state index is 12.4. The number of carboxylic acid groups (broad SMARTS) is 1. The quantitative estimate of drug-likeness (QED) is 0.842. The minimum Gasteiger partial charge on any atom is -0.480 e. The Morgan fingerprint density at radius 1 is 1.40 bits per heavy atom. The van der Waals surface area contributed by atoms with Crippen LogP contribution in [0.3, 0.4) is 0 Å². The monoisotopic (exact) mass is 294 g/mol. The Morgan fingerprint density at radius 2 is 2.20 bits per heavy atom. The molecule has 0 spiro atoms. The van der Waals surface area contributed by atoms with Gasteiger partial charge in [-0.05, 0) is 12.1 Å². The molecule has 2 aliphatic rings. The Balaban J connectivity index is 1.74. The van der Waals surface area contributed by atoms with Crippen molar-refractivity contribution in [2.24, 2.45) is 0 Å². The van der Waals surface area contributed by atoms with Crippen LogP contribution in [-0.4, -0.2) is 52.2 Å². The van der Waals surface area contributed by atoms with Crippen LogP contribution in [-0.2, 0) is 9.59 Å². The number of carbonyl (C=O) groups excluding carboxylic acids is 1. The van der Waals surface area contributed by atoms with E-state index in [-0.39, 0.29) is 5.91 Å². The minimum atomic E-state index is -0.965. The number of nitrogens with zero attached hydrogens (tertiary/aromatic N) is 1. The van der Waals surface area contributed by atoms with Gasteiger partial charge in [-0.2, -0.15) is 0 Å². The molecular weight excluding hydrogens is 280 g/mol. The second kappa shape index (κ2) is 5.24. The van der Waals surface area contributed by atoms with Crippen LogP contribution in [0.5, 0.6) is 5.75 Å². The van der Waals surface area contributed by atoms with Crippen LogP contribution in [0, 0.1) is 0 Å². The second-order valence-electron chi connectivity index (χ2n) is 4.65. The van der Waals surface area contributed by atoms with E-state index in [4.69, 9.17) is 9.84 Å². The first-order valence-corrected chi connectivity index (χ1v) is 7.43. The summed E-state index contributed by atoms with van der Waals surface area (Å²) in [6, 6.07) is 6.62. The highest BCUT2D eigenvalue weighted by Gasteiger charge is 2.39. The van der Waals surface area contributed by atoms with Gasteiger partial charge in [0.15, 0.2) is 6.10 Å². The highest BCUT2D eigenvalue weighted by Crippen LogP contribution is 2.30. The van der Waals surface area contributed by atoms with Crippen LogP contribution < -0.4 is 10.1 Å². The number of para-hydroxylation sites is 2. The Labute approximate surface area is 120 Å². The van der Waals surface area contributed by atoms with Gasteiger partial charge in [0, 0.05) is 5.75 Å². The summed E-state index contributed by atoms with van der Waals surface area (Å²) in [5, 5.41) is 12.3. The lowest BCUT2D eigenvalue weighted by Gasteiger charge is -2.30. The molecule has 0 saturated carbocycles. The summed E-state index contributed by atoms with van der Waals surface area (Å²) in [6.07, 6.45) is -0.676. The Bertz CT molecular complexity index is 551. The van der Waals surface area contributed by atoms with Crippen LogP contribution in [0.15, 0.2) is 24.3 Å². The summed E-state index contributed by atoms with van der Waals surface area (Å²) in [5.74, 6) is 0.211. The van der Waals surface area contributed by atoms with Crippen molar-refractivity contribution in [1.29, 1.82) is 0 Å². The summed E-state index contributed by atoms with van der Waals surface area (Å²) >= 11 is 1.44. The molecule has 6 nitrogen and oxygen atoms in total. The zero-order chi connectivity index (χ0) is 14.1. The predicted octanol–water partition coefficient (Wildman–Crippen LogP) is 0.846. The highest BCUT2D eigenvalue weighted by atomic mass is 32.2. The van der Waals surface area contributed by atoms with Gasteiger partial charge >= 0.3 is 5.97 Å². The number of aliphatic carboxylic acids is 1. The molecule has 0 aromatic heterocycles. The minimum absolute atomic E-state index is 0.274. The molecule has 1 saturated heterocycles. The first-order chi connectivity index (χ1) is 9.66. The summed E-state index contributed by atoms with van der Waals surface area (Å²) in [6.45, 7) is 0.351. The van der Waals surface area contributed by atoms with Crippen molar-refractivity contribution in [3.05, 3.63) is 24.3 Å². The molecule has 0 radical (unpaired) electrons. The normalized spacial score (nSPS) is 24.5. The van der Waals surface area contributed by atoms with Crippen molar-refractivity contribution in [3.63, 3.8) is 0 Å². The fraction of sp³-hybridized carbons (Fsp3) is 0.385. The van der Waals surface area contributed by atoms with Gasteiger partial charge in [-0.3, -0.25) is 4.79 Å². The number of hydrogen-bond acceptors (Lipinski definition) is 5. The molecule has 1 aromatic carbocycles. The summed E-state index contributed by atoms with van der Waals surface area (Å²) < 4.78 is 5.68. The van der Waals surface area contributed by atoms with E-state index in [9.17, 15) is 9.59 Å². The zero-order valence-electron chi connectivity index (χ0n) is 10.6. The predicted molar refractivity (Wildman–Crippen MR) is 74.9 cm³/mol. The average Bonchev–Trinajstić information content (AvgIpc) is 2.95. The van der Waals surface area contributed by atoms with Gasteiger partial charge in [0.05, 0.1) is 18.1 Å². The highest BCUT2D eigenvalue weighted by molar-refractivity contribution is 7.99. The van der Waals surface area contributed by atoms with E-state index in [2.05, 4.69) is 5.32 Å². The van der Waals surface area contributed by atoms with Crippen molar-refractivity contribution in [2.45, 2.75) is 12.1 Å². The third-order valence-corrected chi connectivity index (χ3v) is 4.37. The Kier molecular flexibility index (Phi) is 3.43. The molecule has 7 heteroatoms. The smallest absolute Gasteiger partial charge is 0.327 e. The number of rotatable bonds is 2. The number of nitrogens with one attached hydrogen (secondary N) is 1. The SMILES string of the molecule is O=C(O)C1CSCN1C(=O)C1CNc2ccccc2O1. The molecule has 2 N–H and O–H groups in total. The van der Waals surface area contributed by atoms with Crippen LogP contribution in [0.1, 0.15) is 0 Å². The molecule has 0 bridgehead atoms. The third-order valence-electron chi connectivity index (χ3n) is 3.36. The molecule has 2 unspecified atom stereocenters. The number of benzene rings is 1. The summed E-state index contributed by atoms with van der Waals surface area (Å²) in [7, 11) is 0. The van der Waals surface area contributed by atoms with E-state index >= 15 is 0 Å². The van der Waals surface area contributed by atoms with Gasteiger partial charge in [0.25, 0.3) is 5.91 Å². The number of fused-ring (bicyclic) bond motifs is 1. The molecule has 3 rings (SSSR count). The van der Waals surface area contributed by atoms with Crippen molar-refractivity contribution in [2.75, 3.05) is 23.5 Å². The number of ether oxygens (including phenoxy) is 1. The molecule has 2 heterocycles. The van der Waals surface area contributed by atoms with Gasteiger partial charge in [0.1, 0.15) is 11.8 Å². The Morgan fingerprint density at radius 3 is 3.00 bits per heavy atom. The van der Waals surface area contributed by atoms with E-state index in [0.29, 0.717) is 23.9 Å². The number of amides is 1. The molecule has 0 aliphatic carbocycles. The Hall–Kier alpha value is -1.89. The van der Waals surface area contributed by atoms with Gasteiger partial charge in [0.2, 0.25) is 0 Å². The number of anilines is 1. The lowest BCUT2D eigenvalue weighted by atomic mass is 10.2. The number of carboxylic acids is 1. The molecule has 1 aromatic rings. The number of carbonyl (C=O) groups is 2. The number of thioether (sulfide) groups is 1. The van der Waals surface area contributed by atoms with E-state index < -0.39 is 18.1 Å². The van der Waals surface area contributed by atoms with Crippen LogP contribution in [0.25, 0.3) is 0 Å². The van der Waals surface area contributed by atoms with Gasteiger partial charge in [-0.25, -0.2) is 4.79 Å². The van der Waals surface area contributed by atoms with Gasteiger partial charge in [-0.15, -0.1) is 11.8 Å². The number of hydrogen-bond donors (Lipinski definition) is 2. The van der Waals surface area contributed by atoms with Crippen LogP contribution >= 0.6 is 11.8 Å². The average molecular weight is 294 g/mol.